The van der Waals surface area contributed by atoms with Gasteiger partial charge in [0.05, 0.1) is 10.5 Å². The normalized spacial score (nSPS) is 16.0. The standard InChI is InChI=1S/C13H16N2O4/c16-13(17)9-6-7-11(12(8-9)15(18)19)14-10-4-2-1-3-5-10/h6-8,10,14H,1-5H2,(H,16,17). The number of nitro benzene ring substituents is 1. The van der Waals surface area contributed by atoms with E-state index in [9.17, 15) is 14.9 Å². The average molecular weight is 264 g/mol. The Hall–Kier alpha value is -2.11. The second-order valence-corrected chi connectivity index (χ2v) is 4.77. The number of hydrogen-bond donors (Lipinski definition) is 2. The summed E-state index contributed by atoms with van der Waals surface area (Å²) in [5.41, 5.74) is 0.160. The Morgan fingerprint density at radius 2 is 2.00 bits per heavy atom. The molecule has 1 aromatic carbocycles. The van der Waals surface area contributed by atoms with Gasteiger partial charge in [0.15, 0.2) is 0 Å². The molecule has 1 fully saturated rings. The molecule has 0 saturated heterocycles. The number of aromatic carboxylic acids is 1. The van der Waals surface area contributed by atoms with E-state index in [1.165, 1.54) is 18.6 Å². The molecule has 1 aliphatic carbocycles. The fourth-order valence-corrected chi connectivity index (χ4v) is 2.40. The van der Waals surface area contributed by atoms with Crippen LogP contribution in [0.15, 0.2) is 18.2 Å². The van der Waals surface area contributed by atoms with Crippen molar-refractivity contribution >= 4 is 17.3 Å². The minimum atomic E-state index is -1.16. The summed E-state index contributed by atoms with van der Waals surface area (Å²) in [4.78, 5) is 21.3. The van der Waals surface area contributed by atoms with Gasteiger partial charge in [-0.2, -0.15) is 0 Å². The van der Waals surface area contributed by atoms with Crippen molar-refractivity contribution in [2.45, 2.75) is 38.1 Å². The van der Waals surface area contributed by atoms with Crippen LogP contribution in [-0.2, 0) is 0 Å². The predicted molar refractivity (Wildman–Crippen MR) is 70.6 cm³/mol. The lowest BCUT2D eigenvalue weighted by Crippen LogP contribution is -2.22. The molecule has 6 heteroatoms. The Kier molecular flexibility index (Phi) is 3.99. The van der Waals surface area contributed by atoms with E-state index < -0.39 is 10.9 Å². The molecule has 0 spiro atoms. The van der Waals surface area contributed by atoms with Crippen LogP contribution in [-0.4, -0.2) is 22.0 Å². The molecule has 1 saturated carbocycles. The van der Waals surface area contributed by atoms with Gasteiger partial charge in [0, 0.05) is 12.1 Å². The highest BCUT2D eigenvalue weighted by atomic mass is 16.6. The van der Waals surface area contributed by atoms with Crippen LogP contribution in [0.25, 0.3) is 0 Å². The lowest BCUT2D eigenvalue weighted by Gasteiger charge is -2.23. The molecular formula is C13H16N2O4. The van der Waals surface area contributed by atoms with Crippen LogP contribution in [0.5, 0.6) is 0 Å². The van der Waals surface area contributed by atoms with E-state index in [1.807, 2.05) is 0 Å². The maximum Gasteiger partial charge on any atom is 0.335 e. The summed E-state index contributed by atoms with van der Waals surface area (Å²) < 4.78 is 0. The van der Waals surface area contributed by atoms with Crippen LogP contribution in [0.3, 0.4) is 0 Å². The molecule has 0 amide bonds. The number of carboxylic acids is 1. The van der Waals surface area contributed by atoms with Crippen molar-refractivity contribution < 1.29 is 14.8 Å². The molecule has 1 aliphatic rings. The third-order valence-electron chi connectivity index (χ3n) is 3.41. The number of nitrogens with zero attached hydrogens (tertiary/aromatic N) is 1. The van der Waals surface area contributed by atoms with E-state index in [0.717, 1.165) is 31.7 Å². The number of nitrogens with one attached hydrogen (secondary N) is 1. The second kappa shape index (κ2) is 5.69. The summed E-state index contributed by atoms with van der Waals surface area (Å²) >= 11 is 0. The van der Waals surface area contributed by atoms with Crippen LogP contribution in [0.4, 0.5) is 11.4 Å². The van der Waals surface area contributed by atoms with Gasteiger partial charge in [0.25, 0.3) is 5.69 Å². The summed E-state index contributed by atoms with van der Waals surface area (Å²) in [6, 6.07) is 4.22. The predicted octanol–water partition coefficient (Wildman–Crippen LogP) is 3.04. The lowest BCUT2D eigenvalue weighted by atomic mass is 9.95. The van der Waals surface area contributed by atoms with E-state index in [-0.39, 0.29) is 17.3 Å². The quantitative estimate of drug-likeness (QED) is 0.644. The van der Waals surface area contributed by atoms with Crippen molar-refractivity contribution in [1.82, 2.24) is 0 Å². The Morgan fingerprint density at radius 3 is 2.58 bits per heavy atom. The zero-order valence-electron chi connectivity index (χ0n) is 10.5. The van der Waals surface area contributed by atoms with Crippen molar-refractivity contribution in [3.63, 3.8) is 0 Å². The molecule has 102 valence electrons. The second-order valence-electron chi connectivity index (χ2n) is 4.77. The first-order chi connectivity index (χ1) is 9.08. The number of rotatable bonds is 4. The highest BCUT2D eigenvalue weighted by Gasteiger charge is 2.20. The zero-order chi connectivity index (χ0) is 13.8. The minimum Gasteiger partial charge on any atom is -0.478 e. The molecule has 0 heterocycles. The molecular weight excluding hydrogens is 248 g/mol. The van der Waals surface area contributed by atoms with Crippen LogP contribution in [0.1, 0.15) is 42.5 Å². The Labute approximate surface area is 110 Å². The van der Waals surface area contributed by atoms with Gasteiger partial charge in [-0.3, -0.25) is 10.1 Å². The average Bonchev–Trinajstić information content (AvgIpc) is 2.39. The van der Waals surface area contributed by atoms with E-state index in [2.05, 4.69) is 5.32 Å². The maximum atomic E-state index is 11.0. The number of hydrogen-bond acceptors (Lipinski definition) is 4. The zero-order valence-corrected chi connectivity index (χ0v) is 10.5. The van der Waals surface area contributed by atoms with Crippen molar-refractivity contribution in [2.24, 2.45) is 0 Å². The van der Waals surface area contributed by atoms with Crippen molar-refractivity contribution in [2.75, 3.05) is 5.32 Å². The fourth-order valence-electron chi connectivity index (χ4n) is 2.40. The van der Waals surface area contributed by atoms with E-state index in [0.29, 0.717) is 5.69 Å². The van der Waals surface area contributed by atoms with Crippen LogP contribution < -0.4 is 5.32 Å². The molecule has 0 aromatic heterocycles. The van der Waals surface area contributed by atoms with Gasteiger partial charge in [-0.1, -0.05) is 19.3 Å². The smallest absolute Gasteiger partial charge is 0.335 e. The molecule has 1 aromatic rings. The summed E-state index contributed by atoms with van der Waals surface area (Å²) in [7, 11) is 0. The number of nitro groups is 1. The van der Waals surface area contributed by atoms with Crippen molar-refractivity contribution in [3.05, 3.63) is 33.9 Å². The van der Waals surface area contributed by atoms with Gasteiger partial charge in [-0.25, -0.2) is 4.79 Å². The van der Waals surface area contributed by atoms with Crippen LogP contribution >= 0.6 is 0 Å². The number of anilines is 1. The molecule has 0 radical (unpaired) electrons. The van der Waals surface area contributed by atoms with Gasteiger partial charge >= 0.3 is 5.97 Å². The van der Waals surface area contributed by atoms with Gasteiger partial charge < -0.3 is 10.4 Å². The molecule has 2 N–H and O–H groups in total. The first kappa shape index (κ1) is 13.3. The molecule has 2 rings (SSSR count). The third-order valence-corrected chi connectivity index (χ3v) is 3.41. The van der Waals surface area contributed by atoms with Gasteiger partial charge in [-0.05, 0) is 25.0 Å². The summed E-state index contributed by atoms with van der Waals surface area (Å²) in [6.45, 7) is 0. The SMILES string of the molecule is O=C(O)c1ccc(NC2CCCCC2)c([N+](=O)[O-])c1. The molecule has 0 unspecified atom stereocenters. The Bertz CT molecular complexity index is 495. The van der Waals surface area contributed by atoms with Gasteiger partial charge in [0.2, 0.25) is 0 Å². The maximum absolute atomic E-state index is 11.0. The lowest BCUT2D eigenvalue weighted by molar-refractivity contribution is -0.384. The first-order valence-electron chi connectivity index (χ1n) is 6.36. The van der Waals surface area contributed by atoms with Crippen LogP contribution in [0.2, 0.25) is 0 Å². The number of benzene rings is 1. The van der Waals surface area contributed by atoms with E-state index >= 15 is 0 Å². The molecule has 19 heavy (non-hydrogen) atoms. The van der Waals surface area contributed by atoms with Crippen LogP contribution in [0, 0.1) is 10.1 Å². The Morgan fingerprint density at radius 1 is 1.32 bits per heavy atom. The monoisotopic (exact) mass is 264 g/mol. The van der Waals surface area contributed by atoms with Gasteiger partial charge in [0.1, 0.15) is 5.69 Å². The first-order valence-corrected chi connectivity index (χ1v) is 6.36. The topological polar surface area (TPSA) is 92.5 Å². The summed E-state index contributed by atoms with van der Waals surface area (Å²) in [5.74, 6) is -1.16. The van der Waals surface area contributed by atoms with E-state index in [4.69, 9.17) is 5.11 Å². The van der Waals surface area contributed by atoms with E-state index in [1.54, 1.807) is 0 Å². The molecule has 0 atom stereocenters. The third kappa shape index (κ3) is 3.21. The molecule has 0 aliphatic heterocycles. The van der Waals surface area contributed by atoms with Crippen molar-refractivity contribution in [3.8, 4) is 0 Å². The highest BCUT2D eigenvalue weighted by molar-refractivity contribution is 5.89. The van der Waals surface area contributed by atoms with Gasteiger partial charge in [-0.15, -0.1) is 0 Å². The van der Waals surface area contributed by atoms with Crippen molar-refractivity contribution in [1.29, 1.82) is 0 Å². The highest BCUT2D eigenvalue weighted by Crippen LogP contribution is 2.29. The number of carbonyl (C=O) groups is 1. The largest absolute Gasteiger partial charge is 0.478 e. The summed E-state index contributed by atoms with van der Waals surface area (Å²) in [6.07, 6.45) is 5.45. The summed E-state index contributed by atoms with van der Waals surface area (Å²) in [5, 5.41) is 23.0. The molecule has 6 nitrogen and oxygen atoms in total. The molecule has 0 bridgehead atoms. The minimum absolute atomic E-state index is 0.0686. The number of carboxylic acid groups (broad SMARTS) is 1. The Balaban J connectivity index is 2.23. The fraction of sp³-hybridized carbons (Fsp3) is 0.462.